The molecule has 0 aliphatic rings. The van der Waals surface area contributed by atoms with E-state index in [1.807, 2.05) is 27.9 Å². The van der Waals surface area contributed by atoms with E-state index in [-0.39, 0.29) is 12.0 Å². The summed E-state index contributed by atoms with van der Waals surface area (Å²) in [6, 6.07) is 0. The van der Waals surface area contributed by atoms with E-state index in [2.05, 4.69) is 20.4 Å². The average molecular weight is 256 g/mol. The predicted molar refractivity (Wildman–Crippen MR) is 65.6 cm³/mol. The summed E-state index contributed by atoms with van der Waals surface area (Å²) < 4.78 is 5.22. The van der Waals surface area contributed by atoms with Crippen molar-refractivity contribution >= 4 is 6.09 Å². The quantitative estimate of drug-likeness (QED) is 0.779. The molecule has 2 N–H and O–H groups in total. The van der Waals surface area contributed by atoms with Gasteiger partial charge in [-0.2, -0.15) is 4.98 Å². The predicted octanol–water partition coefficient (Wildman–Crippen LogP) is 0.719. The highest BCUT2D eigenvalue weighted by Gasteiger charge is 2.28. The molecular weight excluding hydrogens is 236 g/mol. The molecule has 0 bridgehead atoms. The minimum absolute atomic E-state index is 0.227. The van der Waals surface area contributed by atoms with Crippen LogP contribution in [0.3, 0.4) is 0 Å². The van der Waals surface area contributed by atoms with Crippen LogP contribution in [-0.2, 0) is 11.8 Å². The number of hydrogen-bond acceptors (Lipinski definition) is 5. The SMILES string of the molecule is CN(C)CC(C)(C)c1nc(CCNC(=O)O)no1. The zero-order chi connectivity index (χ0) is 13.8. The average Bonchev–Trinajstić information content (AvgIpc) is 2.64. The lowest BCUT2D eigenvalue weighted by Gasteiger charge is -2.23. The van der Waals surface area contributed by atoms with Crippen LogP contribution in [0.1, 0.15) is 25.6 Å². The fraction of sp³-hybridized carbons (Fsp3) is 0.727. The highest BCUT2D eigenvalue weighted by molar-refractivity contribution is 5.64. The first-order chi connectivity index (χ1) is 8.31. The maximum atomic E-state index is 10.3. The summed E-state index contributed by atoms with van der Waals surface area (Å²) in [6.07, 6.45) is -0.625. The molecule has 102 valence electrons. The Kier molecular flexibility index (Phi) is 4.66. The molecule has 1 rings (SSSR count). The van der Waals surface area contributed by atoms with Crippen LogP contribution in [0, 0.1) is 0 Å². The molecule has 7 nitrogen and oxygen atoms in total. The molecule has 1 amide bonds. The van der Waals surface area contributed by atoms with E-state index in [0.29, 0.717) is 18.1 Å². The lowest BCUT2D eigenvalue weighted by molar-refractivity contribution is 0.194. The van der Waals surface area contributed by atoms with E-state index < -0.39 is 6.09 Å². The van der Waals surface area contributed by atoms with Gasteiger partial charge in [-0.05, 0) is 27.9 Å². The van der Waals surface area contributed by atoms with Gasteiger partial charge < -0.3 is 19.8 Å². The topological polar surface area (TPSA) is 91.5 Å². The van der Waals surface area contributed by atoms with E-state index in [1.54, 1.807) is 0 Å². The van der Waals surface area contributed by atoms with Gasteiger partial charge in [-0.1, -0.05) is 5.16 Å². The van der Waals surface area contributed by atoms with Crippen LogP contribution < -0.4 is 5.32 Å². The van der Waals surface area contributed by atoms with E-state index in [0.717, 1.165) is 6.54 Å². The van der Waals surface area contributed by atoms with Crippen LogP contribution in [0.2, 0.25) is 0 Å². The summed E-state index contributed by atoms with van der Waals surface area (Å²) in [5, 5.41) is 14.6. The molecular formula is C11H20N4O3. The maximum absolute atomic E-state index is 10.3. The molecule has 18 heavy (non-hydrogen) atoms. The third-order valence-electron chi connectivity index (χ3n) is 2.38. The number of carboxylic acid groups (broad SMARTS) is 1. The molecule has 0 unspecified atom stereocenters. The molecule has 0 saturated heterocycles. The zero-order valence-corrected chi connectivity index (χ0v) is 11.2. The minimum atomic E-state index is -1.05. The van der Waals surface area contributed by atoms with Gasteiger partial charge in [0.2, 0.25) is 5.89 Å². The molecule has 0 aliphatic heterocycles. The molecule has 0 atom stereocenters. The summed E-state index contributed by atoms with van der Waals surface area (Å²) >= 11 is 0. The van der Waals surface area contributed by atoms with Gasteiger partial charge in [0.05, 0.1) is 5.41 Å². The van der Waals surface area contributed by atoms with Crippen molar-refractivity contribution in [3.05, 3.63) is 11.7 Å². The molecule has 1 heterocycles. The normalized spacial score (nSPS) is 11.8. The molecule has 0 spiro atoms. The van der Waals surface area contributed by atoms with Crippen LogP contribution >= 0.6 is 0 Å². The number of hydrogen-bond donors (Lipinski definition) is 2. The van der Waals surface area contributed by atoms with Crippen molar-refractivity contribution < 1.29 is 14.4 Å². The standard InChI is InChI=1S/C11H20N4O3/c1-11(2,7-15(3)4)9-13-8(14-18-9)5-6-12-10(16)17/h12H,5-7H2,1-4H3,(H,16,17). The Balaban J connectivity index is 2.59. The van der Waals surface area contributed by atoms with Crippen molar-refractivity contribution in [2.75, 3.05) is 27.2 Å². The molecule has 0 saturated carbocycles. The van der Waals surface area contributed by atoms with Gasteiger partial charge in [-0.15, -0.1) is 0 Å². The number of carbonyl (C=O) groups is 1. The Hall–Kier alpha value is -1.63. The van der Waals surface area contributed by atoms with Crippen molar-refractivity contribution in [1.82, 2.24) is 20.4 Å². The first-order valence-corrected chi connectivity index (χ1v) is 5.76. The lowest BCUT2D eigenvalue weighted by atomic mass is 9.93. The highest BCUT2D eigenvalue weighted by Crippen LogP contribution is 2.21. The Morgan fingerprint density at radius 3 is 2.72 bits per heavy atom. The van der Waals surface area contributed by atoms with Crippen LogP contribution in [0.4, 0.5) is 4.79 Å². The van der Waals surface area contributed by atoms with E-state index in [4.69, 9.17) is 9.63 Å². The van der Waals surface area contributed by atoms with Gasteiger partial charge in [-0.25, -0.2) is 4.79 Å². The Labute approximate surface area is 106 Å². The summed E-state index contributed by atoms with van der Waals surface area (Å²) in [7, 11) is 3.96. The second kappa shape index (κ2) is 5.81. The second-order valence-electron chi connectivity index (χ2n) is 5.12. The van der Waals surface area contributed by atoms with Crippen LogP contribution in [-0.4, -0.2) is 53.4 Å². The summed E-state index contributed by atoms with van der Waals surface area (Å²) in [6.45, 7) is 5.13. The van der Waals surface area contributed by atoms with Crippen LogP contribution in [0.15, 0.2) is 4.52 Å². The van der Waals surface area contributed by atoms with E-state index in [1.165, 1.54) is 0 Å². The lowest BCUT2D eigenvalue weighted by Crippen LogP contribution is -2.32. The molecule has 1 aromatic heterocycles. The number of rotatable bonds is 6. The number of likely N-dealkylation sites (N-methyl/N-ethyl adjacent to an activating group) is 1. The Bertz CT molecular complexity index is 401. The van der Waals surface area contributed by atoms with Crippen molar-refractivity contribution in [2.45, 2.75) is 25.7 Å². The third kappa shape index (κ3) is 4.33. The Morgan fingerprint density at radius 2 is 2.17 bits per heavy atom. The van der Waals surface area contributed by atoms with E-state index in [9.17, 15) is 4.79 Å². The fourth-order valence-electron chi connectivity index (χ4n) is 1.77. The number of amides is 1. The van der Waals surface area contributed by atoms with Crippen molar-refractivity contribution in [1.29, 1.82) is 0 Å². The summed E-state index contributed by atoms with van der Waals surface area (Å²) in [4.78, 5) is 16.6. The maximum Gasteiger partial charge on any atom is 0.404 e. The van der Waals surface area contributed by atoms with Gasteiger partial charge in [0.25, 0.3) is 0 Å². The van der Waals surface area contributed by atoms with E-state index >= 15 is 0 Å². The monoisotopic (exact) mass is 256 g/mol. The number of nitrogens with one attached hydrogen (secondary N) is 1. The molecule has 1 aromatic rings. The second-order valence-corrected chi connectivity index (χ2v) is 5.12. The number of aromatic nitrogens is 2. The zero-order valence-electron chi connectivity index (χ0n) is 11.2. The van der Waals surface area contributed by atoms with Gasteiger partial charge in [0.1, 0.15) is 0 Å². The largest absolute Gasteiger partial charge is 0.465 e. The molecule has 0 fully saturated rings. The highest BCUT2D eigenvalue weighted by atomic mass is 16.5. The molecule has 0 radical (unpaired) electrons. The summed E-state index contributed by atoms with van der Waals surface area (Å²) in [5.41, 5.74) is -0.227. The van der Waals surface area contributed by atoms with Crippen molar-refractivity contribution in [2.24, 2.45) is 0 Å². The van der Waals surface area contributed by atoms with Gasteiger partial charge in [0, 0.05) is 19.5 Å². The Morgan fingerprint density at radius 1 is 1.50 bits per heavy atom. The summed E-state index contributed by atoms with van der Waals surface area (Å²) in [5.74, 6) is 1.09. The van der Waals surface area contributed by atoms with Gasteiger partial charge >= 0.3 is 6.09 Å². The molecule has 0 aliphatic carbocycles. The van der Waals surface area contributed by atoms with Gasteiger partial charge in [-0.3, -0.25) is 0 Å². The van der Waals surface area contributed by atoms with Crippen LogP contribution in [0.5, 0.6) is 0 Å². The minimum Gasteiger partial charge on any atom is -0.465 e. The third-order valence-corrected chi connectivity index (χ3v) is 2.38. The fourth-order valence-corrected chi connectivity index (χ4v) is 1.77. The van der Waals surface area contributed by atoms with Crippen molar-refractivity contribution in [3.63, 3.8) is 0 Å². The molecule has 7 heteroatoms. The first-order valence-electron chi connectivity index (χ1n) is 5.76. The molecule has 0 aromatic carbocycles. The first kappa shape index (κ1) is 14.4. The van der Waals surface area contributed by atoms with Crippen LogP contribution in [0.25, 0.3) is 0 Å². The smallest absolute Gasteiger partial charge is 0.404 e. The van der Waals surface area contributed by atoms with Gasteiger partial charge in [0.15, 0.2) is 5.82 Å². The number of nitrogens with zero attached hydrogens (tertiary/aromatic N) is 3. The van der Waals surface area contributed by atoms with Crippen molar-refractivity contribution in [3.8, 4) is 0 Å².